The predicted octanol–water partition coefficient (Wildman–Crippen LogP) is 2.54. The van der Waals surface area contributed by atoms with E-state index in [1.807, 2.05) is 0 Å². The van der Waals surface area contributed by atoms with Crippen molar-refractivity contribution in [2.45, 2.75) is 38.9 Å². The summed E-state index contributed by atoms with van der Waals surface area (Å²) >= 11 is 3.45. The maximum absolute atomic E-state index is 11.5. The zero-order chi connectivity index (χ0) is 13.2. The largest absolute Gasteiger partial charge is 0.454 e. The summed E-state index contributed by atoms with van der Waals surface area (Å²) < 4.78 is 6.23. The molecule has 0 amide bonds. The summed E-state index contributed by atoms with van der Waals surface area (Å²) in [6.07, 6.45) is 1.19. The van der Waals surface area contributed by atoms with E-state index in [1.165, 1.54) is 0 Å². The maximum atomic E-state index is 11.5. The molecule has 5 atom stereocenters. The van der Waals surface area contributed by atoms with Crippen LogP contribution in [0.3, 0.4) is 0 Å². The Hall–Kier alpha value is -0.610. The highest BCUT2D eigenvalue weighted by Crippen LogP contribution is 2.66. The van der Waals surface area contributed by atoms with Gasteiger partial charge in [0.05, 0.1) is 6.10 Å². The topological polar surface area (TPSA) is 46.5 Å². The number of carbonyl (C=O) groups excluding carboxylic acids is 1. The minimum absolute atomic E-state index is 0.112. The number of cyclic esters (lactones) is 1. The van der Waals surface area contributed by atoms with E-state index < -0.39 is 0 Å². The molecule has 3 rings (SSSR count). The van der Waals surface area contributed by atoms with Gasteiger partial charge in [-0.25, -0.2) is 4.79 Å². The summed E-state index contributed by atoms with van der Waals surface area (Å²) in [7, 11) is 0. The van der Waals surface area contributed by atoms with Gasteiger partial charge in [0.2, 0.25) is 0 Å². The molecular formula is C14H17BrO3. The SMILES string of the molecule is C=C1C(O)[C@H]2C[C@H]2[C@@]1(C)C[C@H]1OC(=O)C(C)=C1Br. The van der Waals surface area contributed by atoms with Crippen molar-refractivity contribution < 1.29 is 14.6 Å². The quantitative estimate of drug-likeness (QED) is 0.629. The summed E-state index contributed by atoms with van der Waals surface area (Å²) in [5, 5.41) is 10.1. The molecule has 0 radical (unpaired) electrons. The molecule has 0 saturated heterocycles. The Balaban J connectivity index is 1.82. The zero-order valence-corrected chi connectivity index (χ0v) is 12.2. The molecule has 2 aliphatic carbocycles. The lowest BCUT2D eigenvalue weighted by Crippen LogP contribution is -2.28. The number of aliphatic hydroxyl groups excluding tert-OH is 1. The van der Waals surface area contributed by atoms with E-state index in [-0.39, 0.29) is 23.6 Å². The Labute approximate surface area is 115 Å². The highest BCUT2D eigenvalue weighted by molar-refractivity contribution is 9.11. The smallest absolute Gasteiger partial charge is 0.335 e. The number of ether oxygens (including phenoxy) is 1. The summed E-state index contributed by atoms with van der Waals surface area (Å²) in [4.78, 5) is 11.5. The molecule has 1 aliphatic heterocycles. The first kappa shape index (κ1) is 12.4. The first-order valence-electron chi connectivity index (χ1n) is 6.31. The number of hydrogen-bond donors (Lipinski definition) is 1. The molecule has 3 aliphatic rings. The monoisotopic (exact) mass is 312 g/mol. The van der Waals surface area contributed by atoms with Crippen LogP contribution >= 0.6 is 15.9 Å². The molecule has 1 unspecified atom stereocenters. The molecule has 0 aromatic heterocycles. The van der Waals surface area contributed by atoms with Crippen LogP contribution in [0.5, 0.6) is 0 Å². The maximum Gasteiger partial charge on any atom is 0.335 e. The van der Waals surface area contributed by atoms with Crippen molar-refractivity contribution in [3.05, 3.63) is 22.2 Å². The van der Waals surface area contributed by atoms with Gasteiger partial charge in [-0.2, -0.15) is 0 Å². The molecule has 3 nitrogen and oxygen atoms in total. The van der Waals surface area contributed by atoms with Crippen LogP contribution < -0.4 is 0 Å². The number of rotatable bonds is 2. The van der Waals surface area contributed by atoms with Crippen molar-refractivity contribution in [3.63, 3.8) is 0 Å². The first-order valence-corrected chi connectivity index (χ1v) is 7.10. The summed E-state index contributed by atoms with van der Waals surface area (Å²) in [6.45, 7) is 7.96. The third-order valence-corrected chi connectivity index (χ3v) is 6.07. The van der Waals surface area contributed by atoms with Gasteiger partial charge in [0.25, 0.3) is 0 Å². The zero-order valence-electron chi connectivity index (χ0n) is 10.6. The normalized spacial score (nSPS) is 46.4. The van der Waals surface area contributed by atoms with E-state index in [2.05, 4.69) is 29.4 Å². The molecule has 2 saturated carbocycles. The Morgan fingerprint density at radius 1 is 1.61 bits per heavy atom. The molecule has 0 bridgehead atoms. The fraction of sp³-hybridized carbons (Fsp3) is 0.643. The van der Waals surface area contributed by atoms with Crippen molar-refractivity contribution in [2.24, 2.45) is 17.3 Å². The molecule has 2 fully saturated rings. The van der Waals surface area contributed by atoms with Crippen LogP contribution in [0.2, 0.25) is 0 Å². The number of esters is 1. The third-order valence-electron chi connectivity index (χ3n) is 4.96. The van der Waals surface area contributed by atoms with Gasteiger partial charge in [-0.15, -0.1) is 0 Å². The number of aliphatic hydroxyl groups is 1. The number of hydrogen-bond acceptors (Lipinski definition) is 3. The average molecular weight is 313 g/mol. The lowest BCUT2D eigenvalue weighted by atomic mass is 9.76. The fourth-order valence-electron chi connectivity index (χ4n) is 3.54. The minimum Gasteiger partial charge on any atom is -0.454 e. The van der Waals surface area contributed by atoms with Crippen molar-refractivity contribution in [1.82, 2.24) is 0 Å². The van der Waals surface area contributed by atoms with Crippen LogP contribution in [0.1, 0.15) is 26.7 Å². The van der Waals surface area contributed by atoms with Crippen LogP contribution in [-0.4, -0.2) is 23.3 Å². The predicted molar refractivity (Wildman–Crippen MR) is 71.0 cm³/mol. The number of halogens is 1. The van der Waals surface area contributed by atoms with Gasteiger partial charge < -0.3 is 9.84 Å². The van der Waals surface area contributed by atoms with E-state index in [0.29, 0.717) is 23.8 Å². The molecule has 0 spiro atoms. The van der Waals surface area contributed by atoms with E-state index in [1.54, 1.807) is 6.92 Å². The molecule has 0 aromatic rings. The molecule has 4 heteroatoms. The molecule has 0 aromatic carbocycles. The molecule has 1 N–H and O–H groups in total. The van der Waals surface area contributed by atoms with Crippen molar-refractivity contribution in [3.8, 4) is 0 Å². The molecule has 1 heterocycles. The van der Waals surface area contributed by atoms with Gasteiger partial charge in [0, 0.05) is 10.1 Å². The Morgan fingerprint density at radius 3 is 2.72 bits per heavy atom. The molecular weight excluding hydrogens is 296 g/mol. The third kappa shape index (κ3) is 1.48. The van der Waals surface area contributed by atoms with Gasteiger partial charge in [0.15, 0.2) is 0 Å². The van der Waals surface area contributed by atoms with Crippen LogP contribution in [0.25, 0.3) is 0 Å². The van der Waals surface area contributed by atoms with Gasteiger partial charge in [-0.05, 0) is 42.6 Å². The summed E-state index contributed by atoms with van der Waals surface area (Å²) in [5.74, 6) is 0.635. The van der Waals surface area contributed by atoms with Gasteiger partial charge >= 0.3 is 5.97 Å². The van der Waals surface area contributed by atoms with Crippen LogP contribution in [0.4, 0.5) is 0 Å². The Kier molecular flexibility index (Phi) is 2.55. The highest BCUT2D eigenvalue weighted by Gasteiger charge is 2.63. The van der Waals surface area contributed by atoms with Gasteiger partial charge in [0.1, 0.15) is 6.10 Å². The average Bonchev–Trinajstić information content (AvgIpc) is 3.06. The Bertz CT molecular complexity index is 481. The number of carbonyl (C=O) groups is 1. The standard InChI is InChI=1S/C14H17BrO3/c1-6-11(15)10(18-13(6)17)5-14(3)7(2)12(16)8-4-9(8)14/h8-10,12,16H,2,4-5H2,1,3H3/t8-,9+,10+,12?,14-/m0/s1. The van der Waals surface area contributed by atoms with Gasteiger partial charge in [-0.1, -0.05) is 29.4 Å². The number of fused-ring (bicyclic) bond motifs is 1. The van der Waals surface area contributed by atoms with E-state index in [0.717, 1.165) is 16.5 Å². The van der Waals surface area contributed by atoms with E-state index in [4.69, 9.17) is 4.74 Å². The van der Waals surface area contributed by atoms with Crippen LogP contribution in [-0.2, 0) is 9.53 Å². The second kappa shape index (κ2) is 3.70. The van der Waals surface area contributed by atoms with Crippen molar-refractivity contribution >= 4 is 21.9 Å². The van der Waals surface area contributed by atoms with E-state index >= 15 is 0 Å². The molecule has 98 valence electrons. The fourth-order valence-corrected chi connectivity index (χ4v) is 3.95. The van der Waals surface area contributed by atoms with Gasteiger partial charge in [-0.3, -0.25) is 0 Å². The Morgan fingerprint density at radius 2 is 2.28 bits per heavy atom. The second-order valence-electron chi connectivity index (χ2n) is 5.96. The highest BCUT2D eigenvalue weighted by atomic mass is 79.9. The second-order valence-corrected chi connectivity index (χ2v) is 6.82. The lowest BCUT2D eigenvalue weighted by molar-refractivity contribution is -0.140. The minimum atomic E-state index is -0.374. The summed E-state index contributed by atoms with van der Waals surface area (Å²) in [6, 6.07) is 0. The van der Waals surface area contributed by atoms with Crippen LogP contribution in [0, 0.1) is 17.3 Å². The summed E-state index contributed by atoms with van der Waals surface area (Å²) in [5.41, 5.74) is 1.45. The van der Waals surface area contributed by atoms with E-state index in [9.17, 15) is 9.90 Å². The molecule has 18 heavy (non-hydrogen) atoms. The van der Waals surface area contributed by atoms with Crippen LogP contribution in [0.15, 0.2) is 22.2 Å². The lowest BCUT2D eigenvalue weighted by Gasteiger charge is -2.31. The first-order chi connectivity index (χ1) is 8.36. The van der Waals surface area contributed by atoms with Crippen molar-refractivity contribution in [1.29, 1.82) is 0 Å². The van der Waals surface area contributed by atoms with Crippen molar-refractivity contribution in [2.75, 3.05) is 0 Å².